The van der Waals surface area contributed by atoms with Crippen LogP contribution in [-0.4, -0.2) is 27.0 Å². The van der Waals surface area contributed by atoms with Crippen LogP contribution in [0.4, 0.5) is 0 Å². The topological polar surface area (TPSA) is 62.1 Å². The Morgan fingerprint density at radius 1 is 1.05 bits per heavy atom. The van der Waals surface area contributed by atoms with Gasteiger partial charge in [-0.05, 0) is 41.1 Å². The summed E-state index contributed by atoms with van der Waals surface area (Å²) in [4.78, 5) is 1.57. The molecule has 0 spiro atoms. The summed E-state index contributed by atoms with van der Waals surface area (Å²) in [6, 6.07) is 13.6. The van der Waals surface area contributed by atoms with Gasteiger partial charge in [-0.1, -0.05) is 28.1 Å². The third-order valence-electron chi connectivity index (χ3n) is 3.32. The van der Waals surface area contributed by atoms with E-state index in [1.54, 1.807) is 4.80 Å². The van der Waals surface area contributed by atoms with Crippen molar-refractivity contribution in [3.63, 3.8) is 0 Å². The van der Waals surface area contributed by atoms with E-state index in [0.29, 0.717) is 18.1 Å². The van der Waals surface area contributed by atoms with Gasteiger partial charge in [0, 0.05) is 10.0 Å². The minimum Gasteiger partial charge on any atom is -0.454 e. The van der Waals surface area contributed by atoms with E-state index < -0.39 is 0 Å². The molecule has 0 saturated heterocycles. The SMILES string of the molecule is Brc1ccc(Cn2nnc(-c3ccc4c(c3)OCO4)n2)cc1. The van der Waals surface area contributed by atoms with E-state index in [9.17, 15) is 0 Å². The number of tetrazole rings is 1. The molecule has 0 aliphatic carbocycles. The molecule has 4 rings (SSSR count). The summed E-state index contributed by atoms with van der Waals surface area (Å²) in [6.45, 7) is 0.827. The average molecular weight is 359 g/mol. The highest BCUT2D eigenvalue weighted by Crippen LogP contribution is 2.34. The normalized spacial score (nSPS) is 12.6. The zero-order chi connectivity index (χ0) is 14.9. The molecule has 110 valence electrons. The summed E-state index contributed by atoms with van der Waals surface area (Å²) >= 11 is 3.42. The molecule has 3 aromatic rings. The number of aromatic nitrogens is 4. The molecule has 0 amide bonds. The van der Waals surface area contributed by atoms with Gasteiger partial charge in [-0.15, -0.1) is 10.2 Å². The van der Waals surface area contributed by atoms with Gasteiger partial charge in [0.1, 0.15) is 0 Å². The number of ether oxygens (including phenoxy) is 2. The molecule has 22 heavy (non-hydrogen) atoms. The van der Waals surface area contributed by atoms with Crippen LogP contribution in [0.15, 0.2) is 46.9 Å². The highest BCUT2D eigenvalue weighted by atomic mass is 79.9. The Balaban J connectivity index is 1.57. The summed E-state index contributed by atoms with van der Waals surface area (Å²) in [6.07, 6.45) is 0. The molecule has 1 aliphatic rings. The Kier molecular flexibility index (Phi) is 3.27. The van der Waals surface area contributed by atoms with Gasteiger partial charge < -0.3 is 9.47 Å². The van der Waals surface area contributed by atoms with Crippen molar-refractivity contribution >= 4 is 15.9 Å². The fourth-order valence-corrected chi connectivity index (χ4v) is 2.48. The number of benzene rings is 2. The second-order valence-corrected chi connectivity index (χ2v) is 5.75. The third-order valence-corrected chi connectivity index (χ3v) is 3.85. The molecule has 0 saturated carbocycles. The van der Waals surface area contributed by atoms with Crippen LogP contribution in [0.25, 0.3) is 11.4 Å². The van der Waals surface area contributed by atoms with Gasteiger partial charge in [-0.3, -0.25) is 0 Å². The number of hydrogen-bond donors (Lipinski definition) is 0. The van der Waals surface area contributed by atoms with Crippen LogP contribution in [0.5, 0.6) is 11.5 Å². The number of hydrogen-bond acceptors (Lipinski definition) is 5. The first-order valence-corrected chi connectivity index (χ1v) is 7.49. The molecule has 6 nitrogen and oxygen atoms in total. The molecule has 0 unspecified atom stereocenters. The molecule has 0 N–H and O–H groups in total. The van der Waals surface area contributed by atoms with E-state index in [0.717, 1.165) is 21.3 Å². The lowest BCUT2D eigenvalue weighted by Gasteiger charge is -2.00. The Morgan fingerprint density at radius 2 is 1.86 bits per heavy atom. The van der Waals surface area contributed by atoms with Crippen molar-refractivity contribution in [2.75, 3.05) is 6.79 Å². The maximum atomic E-state index is 5.36. The fourth-order valence-electron chi connectivity index (χ4n) is 2.21. The van der Waals surface area contributed by atoms with Crippen LogP contribution in [0, 0.1) is 0 Å². The predicted molar refractivity (Wildman–Crippen MR) is 82.6 cm³/mol. The Labute approximate surface area is 134 Å². The van der Waals surface area contributed by atoms with Crippen molar-refractivity contribution in [1.29, 1.82) is 0 Å². The molecule has 2 heterocycles. The summed E-state index contributed by atoms with van der Waals surface area (Å²) in [5, 5.41) is 12.6. The molecular weight excluding hydrogens is 348 g/mol. The molecular formula is C15H11BrN4O2. The number of rotatable bonds is 3. The fraction of sp³-hybridized carbons (Fsp3) is 0.133. The standard InChI is InChI=1S/C15H11BrN4O2/c16-12-4-1-10(2-5-12)8-20-18-15(17-19-20)11-3-6-13-14(7-11)22-9-21-13/h1-7H,8-9H2. The molecule has 0 fully saturated rings. The van der Waals surface area contributed by atoms with E-state index >= 15 is 0 Å². The second kappa shape index (κ2) is 5.42. The second-order valence-electron chi connectivity index (χ2n) is 4.84. The molecule has 0 atom stereocenters. The first-order chi connectivity index (χ1) is 10.8. The van der Waals surface area contributed by atoms with E-state index in [1.807, 2.05) is 42.5 Å². The number of nitrogens with zero attached hydrogens (tertiary/aromatic N) is 4. The van der Waals surface area contributed by atoms with Crippen molar-refractivity contribution in [1.82, 2.24) is 20.2 Å². The lowest BCUT2D eigenvalue weighted by molar-refractivity contribution is 0.174. The van der Waals surface area contributed by atoms with Crippen LogP contribution >= 0.6 is 15.9 Å². The Morgan fingerprint density at radius 3 is 2.73 bits per heavy atom. The monoisotopic (exact) mass is 358 g/mol. The van der Waals surface area contributed by atoms with Gasteiger partial charge in [-0.25, -0.2) is 0 Å². The number of fused-ring (bicyclic) bond motifs is 1. The molecule has 2 aromatic carbocycles. The van der Waals surface area contributed by atoms with E-state index in [4.69, 9.17) is 9.47 Å². The smallest absolute Gasteiger partial charge is 0.231 e. The van der Waals surface area contributed by atoms with E-state index in [2.05, 4.69) is 31.3 Å². The van der Waals surface area contributed by atoms with Gasteiger partial charge in [0.15, 0.2) is 11.5 Å². The molecule has 7 heteroatoms. The van der Waals surface area contributed by atoms with Crippen LogP contribution in [0.2, 0.25) is 0 Å². The molecule has 1 aromatic heterocycles. The van der Waals surface area contributed by atoms with Gasteiger partial charge in [0.2, 0.25) is 12.6 Å². The summed E-state index contributed by atoms with van der Waals surface area (Å²) in [5.74, 6) is 2.02. The van der Waals surface area contributed by atoms with Crippen molar-refractivity contribution in [2.45, 2.75) is 6.54 Å². The van der Waals surface area contributed by atoms with Crippen LogP contribution in [0.3, 0.4) is 0 Å². The van der Waals surface area contributed by atoms with Gasteiger partial charge in [0.05, 0.1) is 6.54 Å². The zero-order valence-electron chi connectivity index (χ0n) is 11.4. The van der Waals surface area contributed by atoms with Gasteiger partial charge >= 0.3 is 0 Å². The Hall–Kier alpha value is -2.41. The van der Waals surface area contributed by atoms with Crippen LogP contribution in [0.1, 0.15) is 5.56 Å². The highest BCUT2D eigenvalue weighted by Gasteiger charge is 2.15. The molecule has 0 bridgehead atoms. The zero-order valence-corrected chi connectivity index (χ0v) is 13.0. The van der Waals surface area contributed by atoms with Gasteiger partial charge in [-0.2, -0.15) is 4.80 Å². The van der Waals surface area contributed by atoms with Crippen LogP contribution in [-0.2, 0) is 6.54 Å². The lowest BCUT2D eigenvalue weighted by atomic mass is 10.2. The third kappa shape index (κ3) is 2.55. The van der Waals surface area contributed by atoms with Crippen molar-refractivity contribution in [2.24, 2.45) is 0 Å². The first-order valence-electron chi connectivity index (χ1n) is 6.70. The quantitative estimate of drug-likeness (QED) is 0.720. The molecule has 1 aliphatic heterocycles. The highest BCUT2D eigenvalue weighted by molar-refractivity contribution is 9.10. The maximum Gasteiger partial charge on any atom is 0.231 e. The summed E-state index contributed by atoms with van der Waals surface area (Å²) in [7, 11) is 0. The van der Waals surface area contributed by atoms with Crippen molar-refractivity contribution in [3.05, 3.63) is 52.5 Å². The summed E-state index contributed by atoms with van der Waals surface area (Å²) < 4.78 is 11.7. The minimum atomic E-state index is 0.252. The minimum absolute atomic E-state index is 0.252. The van der Waals surface area contributed by atoms with Crippen molar-refractivity contribution < 1.29 is 9.47 Å². The van der Waals surface area contributed by atoms with Crippen LogP contribution < -0.4 is 9.47 Å². The van der Waals surface area contributed by atoms with E-state index in [-0.39, 0.29) is 6.79 Å². The number of halogens is 1. The van der Waals surface area contributed by atoms with E-state index in [1.165, 1.54) is 0 Å². The largest absolute Gasteiger partial charge is 0.454 e. The average Bonchev–Trinajstić information content (AvgIpc) is 3.17. The Bertz CT molecular complexity index is 817. The first kappa shape index (κ1) is 13.3. The predicted octanol–water partition coefficient (Wildman–Crippen LogP) is 2.88. The maximum absolute atomic E-state index is 5.36. The lowest BCUT2D eigenvalue weighted by Crippen LogP contribution is -2.03. The molecule has 0 radical (unpaired) electrons. The van der Waals surface area contributed by atoms with Crippen molar-refractivity contribution in [3.8, 4) is 22.9 Å². The summed E-state index contributed by atoms with van der Waals surface area (Å²) in [5.41, 5.74) is 1.96. The van der Waals surface area contributed by atoms with Gasteiger partial charge in [0.25, 0.3) is 0 Å².